The molecule has 1 aromatic heterocycles. The zero-order valence-corrected chi connectivity index (χ0v) is 18.8. The van der Waals surface area contributed by atoms with Crippen LogP contribution in [0.3, 0.4) is 0 Å². The van der Waals surface area contributed by atoms with Gasteiger partial charge in [0.15, 0.2) is 0 Å². The Morgan fingerprint density at radius 1 is 1.06 bits per heavy atom. The van der Waals surface area contributed by atoms with Crippen molar-refractivity contribution in [2.24, 2.45) is 0 Å². The Morgan fingerprint density at radius 2 is 1.75 bits per heavy atom. The highest BCUT2D eigenvalue weighted by Gasteiger charge is 2.28. The number of H-pyrrole nitrogens is 1. The van der Waals surface area contributed by atoms with Crippen molar-refractivity contribution in [1.82, 2.24) is 14.6 Å². The van der Waals surface area contributed by atoms with Crippen molar-refractivity contribution in [1.29, 1.82) is 0 Å². The van der Waals surface area contributed by atoms with Crippen LogP contribution in [0.1, 0.15) is 38.3 Å². The van der Waals surface area contributed by atoms with Crippen LogP contribution in [0.2, 0.25) is 0 Å². The minimum Gasteiger partial charge on any atom is -0.348 e. The third-order valence-electron chi connectivity index (χ3n) is 5.77. The molecule has 1 amide bonds. The van der Waals surface area contributed by atoms with Gasteiger partial charge in [-0.15, -0.1) is 0 Å². The van der Waals surface area contributed by atoms with Crippen molar-refractivity contribution in [3.8, 4) is 0 Å². The number of amides is 1. The zero-order valence-electron chi connectivity index (χ0n) is 18.0. The number of rotatable bonds is 5. The predicted molar refractivity (Wildman–Crippen MR) is 122 cm³/mol. The van der Waals surface area contributed by atoms with Crippen LogP contribution >= 0.6 is 0 Å². The molecule has 0 saturated carbocycles. The lowest BCUT2D eigenvalue weighted by Gasteiger charge is -2.28. The first-order valence-corrected chi connectivity index (χ1v) is 11.8. The lowest BCUT2D eigenvalue weighted by atomic mass is 10.0. The van der Waals surface area contributed by atoms with E-state index in [1.54, 1.807) is 6.92 Å². The van der Waals surface area contributed by atoms with Crippen LogP contribution in [0.4, 0.5) is 0 Å². The molecule has 0 fully saturated rings. The quantitative estimate of drug-likeness (QED) is 0.623. The summed E-state index contributed by atoms with van der Waals surface area (Å²) in [6, 6.07) is 15.6. The van der Waals surface area contributed by atoms with E-state index in [4.69, 9.17) is 0 Å². The van der Waals surface area contributed by atoms with Gasteiger partial charge >= 0.3 is 0 Å². The number of sulfonamides is 1. The number of aromatic nitrogens is 1. The van der Waals surface area contributed by atoms with E-state index < -0.39 is 10.0 Å². The van der Waals surface area contributed by atoms with Gasteiger partial charge in [-0.1, -0.05) is 24.3 Å². The minimum absolute atomic E-state index is 0.0908. The molecule has 0 aliphatic carbocycles. The first kappa shape index (κ1) is 22.0. The number of hydrogen-bond acceptors (Lipinski definition) is 4. The number of carbonyl (C=O) groups is 1. The summed E-state index contributed by atoms with van der Waals surface area (Å²) in [5, 5.41) is 2.73. The Bertz CT molecular complexity index is 1330. The van der Waals surface area contributed by atoms with Crippen molar-refractivity contribution in [2.75, 3.05) is 6.54 Å². The molecule has 7 nitrogen and oxygen atoms in total. The van der Waals surface area contributed by atoms with E-state index in [2.05, 4.69) is 10.3 Å². The molecule has 32 heavy (non-hydrogen) atoms. The fraction of sp³-hybridized carbons (Fsp3) is 0.250. The second kappa shape index (κ2) is 8.72. The number of fused-ring (bicyclic) bond motifs is 1. The van der Waals surface area contributed by atoms with Crippen LogP contribution in [0.25, 0.3) is 0 Å². The standard InChI is InChI=1S/C24H25N3O4S/c1-16-13-17(2)26-24(29)22(16)14-25-23(28)19-7-9-21(10-8-19)32(30,31)27-12-11-18-5-3-4-6-20(18)15-27/h3-10,13H,11-12,14-15H2,1-2H3,(H,25,28)(H,26,29). The Morgan fingerprint density at radius 3 is 2.44 bits per heavy atom. The fourth-order valence-electron chi connectivity index (χ4n) is 3.97. The van der Waals surface area contributed by atoms with E-state index in [1.165, 1.54) is 34.1 Å². The molecule has 0 saturated heterocycles. The van der Waals surface area contributed by atoms with Crippen LogP contribution in [0, 0.1) is 13.8 Å². The number of aromatic amines is 1. The molecule has 2 N–H and O–H groups in total. The van der Waals surface area contributed by atoms with Gasteiger partial charge in [0.1, 0.15) is 0 Å². The van der Waals surface area contributed by atoms with Crippen LogP contribution < -0.4 is 10.9 Å². The van der Waals surface area contributed by atoms with Crippen LogP contribution in [-0.2, 0) is 29.5 Å². The first-order chi connectivity index (χ1) is 15.3. The number of hydrogen-bond donors (Lipinski definition) is 2. The molecule has 2 aromatic carbocycles. The molecule has 0 unspecified atom stereocenters. The van der Waals surface area contributed by atoms with E-state index in [0.717, 1.165) is 16.8 Å². The van der Waals surface area contributed by atoms with Gasteiger partial charge in [-0.05, 0) is 67.3 Å². The monoisotopic (exact) mass is 451 g/mol. The maximum Gasteiger partial charge on any atom is 0.253 e. The molecule has 8 heteroatoms. The Hall–Kier alpha value is -3.23. The van der Waals surface area contributed by atoms with Gasteiger partial charge in [-0.3, -0.25) is 9.59 Å². The molecular weight excluding hydrogens is 426 g/mol. The largest absolute Gasteiger partial charge is 0.348 e. The molecular formula is C24H25N3O4S. The van der Waals surface area contributed by atoms with E-state index in [0.29, 0.717) is 30.6 Å². The van der Waals surface area contributed by atoms with Gasteiger partial charge in [0.25, 0.3) is 11.5 Å². The third kappa shape index (κ3) is 4.37. The normalized spacial score (nSPS) is 14.1. The second-order valence-electron chi connectivity index (χ2n) is 8.01. The molecule has 166 valence electrons. The zero-order chi connectivity index (χ0) is 22.9. The molecule has 0 radical (unpaired) electrons. The van der Waals surface area contributed by atoms with E-state index in [-0.39, 0.29) is 22.9 Å². The van der Waals surface area contributed by atoms with Gasteiger partial charge in [0.2, 0.25) is 10.0 Å². The minimum atomic E-state index is -3.66. The molecule has 3 aromatic rings. The summed E-state index contributed by atoms with van der Waals surface area (Å²) in [7, 11) is -3.66. The SMILES string of the molecule is Cc1cc(C)c(CNC(=O)c2ccc(S(=O)(=O)N3CCc4ccccc4C3)cc2)c(=O)[nH]1. The first-order valence-electron chi connectivity index (χ1n) is 10.4. The topological polar surface area (TPSA) is 99.3 Å². The number of pyridine rings is 1. The van der Waals surface area contributed by atoms with Gasteiger partial charge in [-0.2, -0.15) is 4.31 Å². The highest BCUT2D eigenvalue weighted by atomic mass is 32.2. The van der Waals surface area contributed by atoms with Crippen molar-refractivity contribution in [3.63, 3.8) is 0 Å². The lowest BCUT2D eigenvalue weighted by Crippen LogP contribution is -2.36. The molecule has 0 bridgehead atoms. The molecule has 1 aliphatic rings. The Kier molecular flexibility index (Phi) is 5.99. The van der Waals surface area contributed by atoms with E-state index >= 15 is 0 Å². The maximum atomic E-state index is 13.1. The van der Waals surface area contributed by atoms with Crippen LogP contribution in [0.5, 0.6) is 0 Å². The summed E-state index contributed by atoms with van der Waals surface area (Å²) in [6.45, 7) is 4.47. The number of nitrogens with one attached hydrogen (secondary N) is 2. The fourth-order valence-corrected chi connectivity index (χ4v) is 5.39. The number of benzene rings is 2. The van der Waals surface area contributed by atoms with E-state index in [9.17, 15) is 18.0 Å². The van der Waals surface area contributed by atoms with Gasteiger partial charge in [-0.25, -0.2) is 8.42 Å². The van der Waals surface area contributed by atoms with Crippen molar-refractivity contribution >= 4 is 15.9 Å². The Labute approximate surface area is 187 Å². The average Bonchev–Trinajstić information content (AvgIpc) is 2.78. The van der Waals surface area contributed by atoms with E-state index in [1.807, 2.05) is 37.3 Å². The van der Waals surface area contributed by atoms with Gasteiger partial charge in [0, 0.05) is 36.5 Å². The van der Waals surface area contributed by atoms with Crippen LogP contribution in [-0.4, -0.2) is 30.2 Å². The van der Waals surface area contributed by atoms with Gasteiger partial charge < -0.3 is 10.3 Å². The molecule has 0 atom stereocenters. The summed E-state index contributed by atoms with van der Waals surface area (Å²) in [5.74, 6) is -0.375. The third-order valence-corrected chi connectivity index (χ3v) is 7.63. The average molecular weight is 452 g/mol. The summed E-state index contributed by atoms with van der Waals surface area (Å²) >= 11 is 0. The molecule has 4 rings (SSSR count). The van der Waals surface area contributed by atoms with Crippen molar-refractivity contribution in [3.05, 3.63) is 98.5 Å². The Balaban J connectivity index is 1.46. The van der Waals surface area contributed by atoms with Gasteiger partial charge in [0.05, 0.1) is 4.90 Å². The highest BCUT2D eigenvalue weighted by Crippen LogP contribution is 2.25. The maximum absolute atomic E-state index is 13.1. The molecule has 2 heterocycles. The van der Waals surface area contributed by atoms with Crippen molar-refractivity contribution in [2.45, 2.75) is 38.3 Å². The number of aryl methyl sites for hydroxylation is 2. The summed E-state index contributed by atoms with van der Waals surface area (Å²) < 4.78 is 27.6. The predicted octanol–water partition coefficient (Wildman–Crippen LogP) is 2.67. The molecule has 1 aliphatic heterocycles. The smallest absolute Gasteiger partial charge is 0.253 e. The summed E-state index contributed by atoms with van der Waals surface area (Å²) in [4.78, 5) is 27.5. The summed E-state index contributed by atoms with van der Waals surface area (Å²) in [6.07, 6.45) is 0.674. The summed E-state index contributed by atoms with van der Waals surface area (Å²) in [5.41, 5.74) is 4.34. The molecule has 0 spiro atoms. The van der Waals surface area contributed by atoms with Crippen molar-refractivity contribution < 1.29 is 13.2 Å². The van der Waals surface area contributed by atoms with Crippen LogP contribution in [0.15, 0.2) is 64.3 Å². The lowest BCUT2D eigenvalue weighted by molar-refractivity contribution is 0.0950. The number of nitrogens with zero attached hydrogens (tertiary/aromatic N) is 1. The number of carbonyl (C=O) groups excluding carboxylic acids is 1. The highest BCUT2D eigenvalue weighted by molar-refractivity contribution is 7.89. The second-order valence-corrected chi connectivity index (χ2v) is 9.95.